The number of nitrogens with zero attached hydrogens (tertiary/aromatic N) is 2. The summed E-state index contributed by atoms with van der Waals surface area (Å²) in [5, 5.41) is 5.32. The summed E-state index contributed by atoms with van der Waals surface area (Å²) >= 11 is 3.56. The van der Waals surface area contributed by atoms with Crippen molar-refractivity contribution in [2.75, 3.05) is 5.33 Å². The van der Waals surface area contributed by atoms with Gasteiger partial charge in [-0.1, -0.05) is 28.1 Å². The van der Waals surface area contributed by atoms with E-state index in [4.69, 9.17) is 0 Å². The third kappa shape index (κ3) is 3.44. The first kappa shape index (κ1) is 14.3. The van der Waals surface area contributed by atoms with Gasteiger partial charge >= 0.3 is 0 Å². The molecule has 2 rings (SSSR count). The highest BCUT2D eigenvalue weighted by Gasteiger charge is 2.14. The monoisotopic (exact) mass is 324 g/mol. The molecule has 0 fully saturated rings. The minimum Gasteiger partial charge on any atom is -0.270 e. The second-order valence-corrected chi connectivity index (χ2v) is 5.35. The van der Waals surface area contributed by atoms with Gasteiger partial charge in [0.1, 0.15) is 5.82 Å². The van der Waals surface area contributed by atoms with Crippen molar-refractivity contribution in [2.45, 2.75) is 32.7 Å². The van der Waals surface area contributed by atoms with E-state index in [1.54, 1.807) is 0 Å². The number of halogens is 2. The third-order valence-electron chi connectivity index (χ3n) is 3.27. The predicted molar refractivity (Wildman–Crippen MR) is 79.3 cm³/mol. The molecule has 1 aromatic heterocycles. The summed E-state index contributed by atoms with van der Waals surface area (Å²) in [4.78, 5) is 0. The zero-order valence-electron chi connectivity index (χ0n) is 11.2. The maximum Gasteiger partial charge on any atom is 0.123 e. The molecule has 102 valence electrons. The first-order valence-electron chi connectivity index (χ1n) is 6.48. The minimum atomic E-state index is -0.188. The molecule has 1 heterocycles. The summed E-state index contributed by atoms with van der Waals surface area (Å²) in [6, 6.07) is 8.89. The average molecular weight is 325 g/mol. The Hall–Kier alpha value is -1.16. The molecule has 0 saturated heterocycles. The Bertz CT molecular complexity index is 534. The molecule has 2 nitrogen and oxygen atoms in total. The van der Waals surface area contributed by atoms with Crippen LogP contribution in [-0.4, -0.2) is 15.1 Å². The van der Waals surface area contributed by atoms with Crippen molar-refractivity contribution in [3.05, 3.63) is 53.1 Å². The van der Waals surface area contributed by atoms with Gasteiger partial charge in [-0.3, -0.25) is 4.68 Å². The number of alkyl halides is 1. The Morgan fingerprint density at radius 1 is 1.32 bits per heavy atom. The summed E-state index contributed by atoms with van der Waals surface area (Å²) in [7, 11) is 0. The van der Waals surface area contributed by atoms with Crippen molar-refractivity contribution in [1.82, 2.24) is 9.78 Å². The molecule has 1 atom stereocenters. The van der Waals surface area contributed by atoms with Gasteiger partial charge in [-0.2, -0.15) is 5.10 Å². The van der Waals surface area contributed by atoms with Gasteiger partial charge in [0.15, 0.2) is 0 Å². The molecule has 1 unspecified atom stereocenters. The van der Waals surface area contributed by atoms with E-state index in [-0.39, 0.29) is 5.82 Å². The summed E-state index contributed by atoms with van der Waals surface area (Å²) in [5.74, 6) is 0.147. The highest BCUT2D eigenvalue weighted by molar-refractivity contribution is 9.09. The standard InChI is InChI=1S/C15H18BrFN2/c1-3-19-15(8-11(2)18-19)9-13(10-16)12-4-6-14(17)7-5-12/h4-8,13H,3,9-10H2,1-2H3. The first-order valence-corrected chi connectivity index (χ1v) is 7.61. The summed E-state index contributed by atoms with van der Waals surface area (Å²) in [6.45, 7) is 4.98. The van der Waals surface area contributed by atoms with Crippen molar-refractivity contribution >= 4 is 15.9 Å². The molecular weight excluding hydrogens is 307 g/mol. The molecule has 19 heavy (non-hydrogen) atoms. The number of hydrogen-bond acceptors (Lipinski definition) is 1. The van der Waals surface area contributed by atoms with Gasteiger partial charge in [0, 0.05) is 17.6 Å². The van der Waals surface area contributed by atoms with E-state index in [1.807, 2.05) is 23.7 Å². The van der Waals surface area contributed by atoms with Crippen LogP contribution in [0.15, 0.2) is 30.3 Å². The van der Waals surface area contributed by atoms with Crippen molar-refractivity contribution in [3.63, 3.8) is 0 Å². The van der Waals surface area contributed by atoms with Crippen LogP contribution in [-0.2, 0) is 13.0 Å². The van der Waals surface area contributed by atoms with Crippen LogP contribution in [0.5, 0.6) is 0 Å². The topological polar surface area (TPSA) is 17.8 Å². The zero-order chi connectivity index (χ0) is 13.8. The molecule has 0 aliphatic carbocycles. The molecule has 0 bridgehead atoms. The molecular formula is C15H18BrFN2. The van der Waals surface area contributed by atoms with Crippen LogP contribution < -0.4 is 0 Å². The fourth-order valence-electron chi connectivity index (χ4n) is 2.29. The number of aromatic nitrogens is 2. The summed E-state index contributed by atoms with van der Waals surface area (Å²) in [6.07, 6.45) is 0.908. The van der Waals surface area contributed by atoms with Crippen molar-refractivity contribution in [2.24, 2.45) is 0 Å². The SMILES string of the molecule is CCn1nc(C)cc1CC(CBr)c1ccc(F)cc1. The van der Waals surface area contributed by atoms with Gasteiger partial charge in [0.05, 0.1) is 5.69 Å². The Morgan fingerprint density at radius 2 is 2.00 bits per heavy atom. The second kappa shape index (κ2) is 6.33. The van der Waals surface area contributed by atoms with Gasteiger partial charge in [0.2, 0.25) is 0 Å². The maximum absolute atomic E-state index is 13.0. The van der Waals surface area contributed by atoms with E-state index >= 15 is 0 Å². The molecule has 0 aliphatic heterocycles. The van der Waals surface area contributed by atoms with Crippen molar-refractivity contribution in [3.8, 4) is 0 Å². The van der Waals surface area contributed by atoms with E-state index < -0.39 is 0 Å². The van der Waals surface area contributed by atoms with Crippen LogP contribution in [0, 0.1) is 12.7 Å². The van der Waals surface area contributed by atoms with Gasteiger partial charge in [0.25, 0.3) is 0 Å². The van der Waals surface area contributed by atoms with Gasteiger partial charge in [-0.25, -0.2) is 4.39 Å². The van der Waals surface area contributed by atoms with Crippen LogP contribution in [0.2, 0.25) is 0 Å². The van der Waals surface area contributed by atoms with Crippen LogP contribution >= 0.6 is 15.9 Å². The van der Waals surface area contributed by atoms with Gasteiger partial charge in [-0.15, -0.1) is 0 Å². The molecule has 1 aromatic carbocycles. The zero-order valence-corrected chi connectivity index (χ0v) is 12.8. The van der Waals surface area contributed by atoms with E-state index in [1.165, 1.54) is 17.8 Å². The fourth-order valence-corrected chi connectivity index (χ4v) is 2.89. The maximum atomic E-state index is 13.0. The number of hydrogen-bond donors (Lipinski definition) is 0. The molecule has 0 N–H and O–H groups in total. The Balaban J connectivity index is 2.21. The lowest BCUT2D eigenvalue weighted by molar-refractivity contribution is 0.595. The lowest BCUT2D eigenvalue weighted by Gasteiger charge is -2.15. The molecule has 0 aliphatic rings. The highest BCUT2D eigenvalue weighted by Crippen LogP contribution is 2.23. The lowest BCUT2D eigenvalue weighted by atomic mass is 9.96. The van der Waals surface area contributed by atoms with E-state index in [0.717, 1.165) is 29.6 Å². The number of aryl methyl sites for hydroxylation is 2. The van der Waals surface area contributed by atoms with Gasteiger partial charge < -0.3 is 0 Å². The normalized spacial score (nSPS) is 12.6. The number of benzene rings is 1. The fraction of sp³-hybridized carbons (Fsp3) is 0.400. The molecule has 0 radical (unpaired) electrons. The molecule has 0 saturated carbocycles. The quantitative estimate of drug-likeness (QED) is 0.758. The molecule has 0 spiro atoms. The van der Waals surface area contributed by atoms with E-state index in [2.05, 4.69) is 34.0 Å². The van der Waals surface area contributed by atoms with E-state index in [9.17, 15) is 4.39 Å². The first-order chi connectivity index (χ1) is 9.13. The minimum absolute atomic E-state index is 0.188. The Kier molecular flexibility index (Phi) is 4.75. The van der Waals surface area contributed by atoms with Crippen LogP contribution in [0.3, 0.4) is 0 Å². The van der Waals surface area contributed by atoms with Crippen molar-refractivity contribution < 1.29 is 4.39 Å². The van der Waals surface area contributed by atoms with Crippen LogP contribution in [0.1, 0.15) is 29.8 Å². The molecule has 0 amide bonds. The second-order valence-electron chi connectivity index (χ2n) is 4.70. The smallest absolute Gasteiger partial charge is 0.123 e. The molecule has 2 aromatic rings. The average Bonchev–Trinajstić information content (AvgIpc) is 2.77. The van der Waals surface area contributed by atoms with Crippen molar-refractivity contribution in [1.29, 1.82) is 0 Å². The highest BCUT2D eigenvalue weighted by atomic mass is 79.9. The summed E-state index contributed by atoms with van der Waals surface area (Å²) < 4.78 is 15.0. The molecule has 4 heteroatoms. The predicted octanol–water partition coefficient (Wildman–Crippen LogP) is 4.07. The van der Waals surface area contributed by atoms with E-state index in [0.29, 0.717) is 5.92 Å². The Morgan fingerprint density at radius 3 is 2.58 bits per heavy atom. The van der Waals surface area contributed by atoms with Crippen LogP contribution in [0.4, 0.5) is 4.39 Å². The van der Waals surface area contributed by atoms with Gasteiger partial charge in [-0.05, 0) is 49.9 Å². The largest absolute Gasteiger partial charge is 0.270 e. The lowest BCUT2D eigenvalue weighted by Crippen LogP contribution is -2.10. The summed E-state index contributed by atoms with van der Waals surface area (Å²) in [5.41, 5.74) is 3.43. The third-order valence-corrected chi connectivity index (χ3v) is 4.05. The number of rotatable bonds is 5. The van der Waals surface area contributed by atoms with Crippen LogP contribution in [0.25, 0.3) is 0 Å². The Labute approximate surface area is 121 Å².